The van der Waals surface area contributed by atoms with Crippen LogP contribution >= 0.6 is 0 Å². The van der Waals surface area contributed by atoms with Gasteiger partial charge in [0.1, 0.15) is 6.54 Å². The lowest BCUT2D eigenvalue weighted by atomic mass is 10.1. The van der Waals surface area contributed by atoms with Crippen LogP contribution in [0.15, 0.2) is 0 Å². The second kappa shape index (κ2) is 5.91. The topological polar surface area (TPSA) is 64.4 Å². The molecule has 1 aliphatic rings. The lowest BCUT2D eigenvalue weighted by Crippen LogP contribution is -2.38. The SMILES string of the molecule is C#CCN(CC#N)C(=O)C1CC(=O)N(CC)C1. The normalized spacial score (nSPS) is 18.6. The Morgan fingerprint density at radius 2 is 2.35 bits per heavy atom. The number of terminal acetylenes is 1. The molecule has 1 saturated heterocycles. The Morgan fingerprint density at radius 1 is 1.65 bits per heavy atom. The maximum atomic E-state index is 12.0. The molecular weight excluding hydrogens is 218 g/mol. The maximum Gasteiger partial charge on any atom is 0.229 e. The fourth-order valence-electron chi connectivity index (χ4n) is 1.91. The molecule has 17 heavy (non-hydrogen) atoms. The summed E-state index contributed by atoms with van der Waals surface area (Å²) in [6.45, 7) is 3.00. The lowest BCUT2D eigenvalue weighted by molar-refractivity contribution is -0.134. The number of hydrogen-bond acceptors (Lipinski definition) is 3. The third kappa shape index (κ3) is 2.98. The molecule has 5 nitrogen and oxygen atoms in total. The molecule has 1 rings (SSSR count). The van der Waals surface area contributed by atoms with Crippen LogP contribution in [0.3, 0.4) is 0 Å². The number of nitrogens with zero attached hydrogens (tertiary/aromatic N) is 3. The van der Waals surface area contributed by atoms with Crippen molar-refractivity contribution in [2.45, 2.75) is 13.3 Å². The zero-order valence-corrected chi connectivity index (χ0v) is 9.85. The van der Waals surface area contributed by atoms with E-state index < -0.39 is 0 Å². The third-order valence-corrected chi connectivity index (χ3v) is 2.80. The Morgan fingerprint density at radius 3 is 2.82 bits per heavy atom. The van der Waals surface area contributed by atoms with Crippen molar-refractivity contribution in [1.82, 2.24) is 9.80 Å². The quantitative estimate of drug-likeness (QED) is 0.500. The van der Waals surface area contributed by atoms with Gasteiger partial charge in [0.15, 0.2) is 0 Å². The van der Waals surface area contributed by atoms with Crippen LogP contribution in [0.4, 0.5) is 0 Å². The number of carbonyl (C=O) groups is 2. The van der Waals surface area contributed by atoms with Crippen LogP contribution in [0.1, 0.15) is 13.3 Å². The zero-order valence-electron chi connectivity index (χ0n) is 9.85. The minimum absolute atomic E-state index is 0.0107. The Kier molecular flexibility index (Phi) is 4.54. The predicted octanol–water partition coefficient (Wildman–Crippen LogP) is -0.160. The van der Waals surface area contributed by atoms with Crippen molar-refractivity contribution in [3.63, 3.8) is 0 Å². The highest BCUT2D eigenvalue weighted by molar-refractivity contribution is 5.89. The first kappa shape index (κ1) is 13.1. The van der Waals surface area contributed by atoms with Crippen molar-refractivity contribution in [3.8, 4) is 18.4 Å². The monoisotopic (exact) mass is 233 g/mol. The largest absolute Gasteiger partial charge is 0.342 e. The molecule has 5 heteroatoms. The molecule has 0 aromatic carbocycles. The molecule has 0 aromatic rings. The fraction of sp³-hybridized carbons (Fsp3) is 0.583. The molecule has 0 aliphatic carbocycles. The van der Waals surface area contributed by atoms with Gasteiger partial charge in [-0.2, -0.15) is 5.26 Å². The molecule has 0 bridgehead atoms. The van der Waals surface area contributed by atoms with Crippen molar-refractivity contribution in [2.75, 3.05) is 26.2 Å². The van der Waals surface area contributed by atoms with Gasteiger partial charge in [0.05, 0.1) is 18.5 Å². The predicted molar refractivity (Wildman–Crippen MR) is 61.4 cm³/mol. The van der Waals surface area contributed by atoms with E-state index in [2.05, 4.69) is 5.92 Å². The van der Waals surface area contributed by atoms with Crippen LogP contribution in [-0.4, -0.2) is 47.8 Å². The summed E-state index contributed by atoms with van der Waals surface area (Å²) in [6.07, 6.45) is 5.37. The number of carbonyl (C=O) groups excluding carboxylic acids is 2. The van der Waals surface area contributed by atoms with Crippen molar-refractivity contribution in [3.05, 3.63) is 0 Å². The van der Waals surface area contributed by atoms with Gasteiger partial charge >= 0.3 is 0 Å². The van der Waals surface area contributed by atoms with Gasteiger partial charge in [0.25, 0.3) is 0 Å². The second-order valence-electron chi connectivity index (χ2n) is 3.89. The van der Waals surface area contributed by atoms with Crippen LogP contribution in [0.5, 0.6) is 0 Å². The first-order chi connectivity index (χ1) is 8.13. The summed E-state index contributed by atoms with van der Waals surface area (Å²) in [5, 5.41) is 8.62. The number of likely N-dealkylation sites (tertiary alicyclic amines) is 1. The molecule has 1 fully saturated rings. The van der Waals surface area contributed by atoms with E-state index in [-0.39, 0.29) is 37.2 Å². The molecule has 1 unspecified atom stereocenters. The first-order valence-electron chi connectivity index (χ1n) is 5.51. The van der Waals surface area contributed by atoms with Gasteiger partial charge in [-0.1, -0.05) is 5.92 Å². The molecular formula is C12H15N3O2. The van der Waals surface area contributed by atoms with Gasteiger partial charge in [-0.05, 0) is 6.92 Å². The average Bonchev–Trinajstić information content (AvgIpc) is 2.69. The van der Waals surface area contributed by atoms with Crippen LogP contribution in [0, 0.1) is 29.6 Å². The highest BCUT2D eigenvalue weighted by Gasteiger charge is 2.35. The summed E-state index contributed by atoms with van der Waals surface area (Å²) in [6, 6.07) is 1.90. The molecule has 0 saturated carbocycles. The van der Waals surface area contributed by atoms with Gasteiger partial charge in [-0.25, -0.2) is 0 Å². The molecule has 0 N–H and O–H groups in total. The van der Waals surface area contributed by atoms with Crippen LogP contribution in [0.2, 0.25) is 0 Å². The van der Waals surface area contributed by atoms with Gasteiger partial charge < -0.3 is 9.80 Å². The fourth-order valence-corrected chi connectivity index (χ4v) is 1.91. The Labute approximate surface area is 101 Å². The van der Waals surface area contributed by atoms with E-state index in [4.69, 9.17) is 11.7 Å². The van der Waals surface area contributed by atoms with E-state index in [9.17, 15) is 9.59 Å². The lowest BCUT2D eigenvalue weighted by Gasteiger charge is -2.20. The molecule has 1 aliphatic heterocycles. The van der Waals surface area contributed by atoms with E-state index in [1.54, 1.807) is 4.90 Å². The van der Waals surface area contributed by atoms with E-state index in [0.717, 1.165) is 0 Å². The van der Waals surface area contributed by atoms with Gasteiger partial charge in [-0.15, -0.1) is 6.42 Å². The molecule has 1 heterocycles. The van der Waals surface area contributed by atoms with Crippen molar-refractivity contribution in [1.29, 1.82) is 5.26 Å². The highest BCUT2D eigenvalue weighted by atomic mass is 16.2. The molecule has 0 radical (unpaired) electrons. The molecule has 0 aromatic heterocycles. The van der Waals surface area contributed by atoms with Crippen LogP contribution in [0.25, 0.3) is 0 Å². The Bertz CT molecular complexity index is 376. The van der Waals surface area contributed by atoms with Crippen molar-refractivity contribution in [2.24, 2.45) is 5.92 Å². The number of amides is 2. The summed E-state index contributed by atoms with van der Waals surface area (Å²) in [5.41, 5.74) is 0. The minimum atomic E-state index is -0.357. The highest BCUT2D eigenvalue weighted by Crippen LogP contribution is 2.19. The molecule has 1 atom stereocenters. The van der Waals surface area contributed by atoms with E-state index in [1.807, 2.05) is 13.0 Å². The molecule has 0 spiro atoms. The number of rotatable bonds is 4. The van der Waals surface area contributed by atoms with Crippen LogP contribution < -0.4 is 0 Å². The summed E-state index contributed by atoms with van der Waals surface area (Å²) in [5.74, 6) is 1.78. The smallest absolute Gasteiger partial charge is 0.229 e. The van der Waals surface area contributed by atoms with Crippen molar-refractivity contribution < 1.29 is 9.59 Å². The van der Waals surface area contributed by atoms with E-state index in [1.165, 1.54) is 4.90 Å². The van der Waals surface area contributed by atoms with Gasteiger partial charge in [0.2, 0.25) is 11.8 Å². The van der Waals surface area contributed by atoms with E-state index in [0.29, 0.717) is 13.1 Å². The second-order valence-corrected chi connectivity index (χ2v) is 3.89. The Balaban J connectivity index is 2.67. The number of nitriles is 1. The number of hydrogen-bond donors (Lipinski definition) is 0. The standard InChI is InChI=1S/C12H15N3O2/c1-3-6-15(7-5-13)12(17)10-8-11(16)14(4-2)9-10/h1,10H,4,6-9H2,2H3. The third-order valence-electron chi connectivity index (χ3n) is 2.80. The van der Waals surface area contributed by atoms with Gasteiger partial charge in [-0.3, -0.25) is 9.59 Å². The maximum absolute atomic E-state index is 12.0. The summed E-state index contributed by atoms with van der Waals surface area (Å²) in [7, 11) is 0. The zero-order chi connectivity index (χ0) is 12.8. The van der Waals surface area contributed by atoms with Crippen LogP contribution in [-0.2, 0) is 9.59 Å². The van der Waals surface area contributed by atoms with Crippen molar-refractivity contribution >= 4 is 11.8 Å². The molecule has 2 amide bonds. The molecule has 90 valence electrons. The van der Waals surface area contributed by atoms with Gasteiger partial charge in [0, 0.05) is 19.5 Å². The summed E-state index contributed by atoms with van der Waals surface area (Å²) in [4.78, 5) is 26.5. The first-order valence-corrected chi connectivity index (χ1v) is 5.51. The summed E-state index contributed by atoms with van der Waals surface area (Å²) < 4.78 is 0. The minimum Gasteiger partial charge on any atom is -0.342 e. The summed E-state index contributed by atoms with van der Waals surface area (Å²) >= 11 is 0. The average molecular weight is 233 g/mol. The van der Waals surface area contributed by atoms with E-state index >= 15 is 0 Å². The Hall–Kier alpha value is -2.01.